The summed E-state index contributed by atoms with van der Waals surface area (Å²) in [6.45, 7) is 4.36. The molecule has 2 aromatic carbocycles. The SMILES string of the molecule is CCC(CC)[C@@H]1C(=O)NC(C2Cc3ccccc3C2)C(=O)N1Cc1ccccc1C(=O)NC. The minimum atomic E-state index is -0.553. The zero-order valence-electron chi connectivity index (χ0n) is 19.6. The van der Waals surface area contributed by atoms with E-state index in [4.69, 9.17) is 0 Å². The number of fused-ring (bicyclic) bond motifs is 1. The predicted molar refractivity (Wildman–Crippen MR) is 128 cm³/mol. The van der Waals surface area contributed by atoms with E-state index in [9.17, 15) is 14.4 Å². The topological polar surface area (TPSA) is 78.5 Å². The molecule has 6 nitrogen and oxygen atoms in total. The van der Waals surface area contributed by atoms with Crippen LogP contribution in [-0.2, 0) is 29.0 Å². The van der Waals surface area contributed by atoms with Crippen LogP contribution in [0.1, 0.15) is 53.7 Å². The summed E-state index contributed by atoms with van der Waals surface area (Å²) < 4.78 is 0. The van der Waals surface area contributed by atoms with Crippen LogP contribution in [0.2, 0.25) is 0 Å². The van der Waals surface area contributed by atoms with Crippen LogP contribution in [0.4, 0.5) is 0 Å². The van der Waals surface area contributed by atoms with Crippen molar-refractivity contribution in [1.29, 1.82) is 0 Å². The third-order valence-corrected chi connectivity index (χ3v) is 7.33. The Morgan fingerprint density at radius 3 is 2.24 bits per heavy atom. The second-order valence-corrected chi connectivity index (χ2v) is 9.15. The van der Waals surface area contributed by atoms with Crippen molar-refractivity contribution < 1.29 is 14.4 Å². The van der Waals surface area contributed by atoms with E-state index in [1.165, 1.54) is 11.1 Å². The van der Waals surface area contributed by atoms with Crippen molar-refractivity contribution in [3.05, 3.63) is 70.8 Å². The van der Waals surface area contributed by atoms with Crippen molar-refractivity contribution in [3.63, 3.8) is 0 Å². The number of hydrogen-bond donors (Lipinski definition) is 2. The van der Waals surface area contributed by atoms with E-state index in [1.807, 2.05) is 30.3 Å². The predicted octanol–water partition coefficient (Wildman–Crippen LogP) is 3.09. The first-order chi connectivity index (χ1) is 16.0. The van der Waals surface area contributed by atoms with E-state index in [1.54, 1.807) is 18.0 Å². The van der Waals surface area contributed by atoms with Crippen molar-refractivity contribution in [2.45, 2.75) is 58.2 Å². The molecule has 1 unspecified atom stereocenters. The first-order valence-corrected chi connectivity index (χ1v) is 12.0. The van der Waals surface area contributed by atoms with Crippen LogP contribution < -0.4 is 10.6 Å². The van der Waals surface area contributed by atoms with Gasteiger partial charge in [0, 0.05) is 19.2 Å². The third-order valence-electron chi connectivity index (χ3n) is 7.33. The molecule has 0 aromatic heterocycles. The lowest BCUT2D eigenvalue weighted by Gasteiger charge is -2.44. The maximum Gasteiger partial charge on any atom is 0.251 e. The van der Waals surface area contributed by atoms with Crippen LogP contribution in [0.5, 0.6) is 0 Å². The summed E-state index contributed by atoms with van der Waals surface area (Å²) in [6, 6.07) is 14.5. The highest BCUT2D eigenvalue weighted by Gasteiger charge is 2.47. The number of benzene rings is 2. The summed E-state index contributed by atoms with van der Waals surface area (Å²) in [5.41, 5.74) is 3.79. The Morgan fingerprint density at radius 2 is 1.64 bits per heavy atom. The summed E-state index contributed by atoms with van der Waals surface area (Å²) in [5.74, 6) is -0.222. The van der Waals surface area contributed by atoms with Crippen molar-refractivity contribution in [1.82, 2.24) is 15.5 Å². The molecule has 2 aliphatic rings. The minimum absolute atomic E-state index is 0.0400. The molecule has 1 aliphatic heterocycles. The minimum Gasteiger partial charge on any atom is -0.355 e. The first kappa shape index (κ1) is 23.0. The van der Waals surface area contributed by atoms with E-state index < -0.39 is 12.1 Å². The Bertz CT molecular complexity index is 1020. The van der Waals surface area contributed by atoms with Gasteiger partial charge in [-0.25, -0.2) is 0 Å². The second kappa shape index (κ2) is 9.77. The van der Waals surface area contributed by atoms with Crippen molar-refractivity contribution in [2.75, 3.05) is 7.05 Å². The number of amides is 3. The lowest BCUT2D eigenvalue weighted by molar-refractivity contribution is -0.154. The second-order valence-electron chi connectivity index (χ2n) is 9.15. The molecule has 1 saturated heterocycles. The van der Waals surface area contributed by atoms with Crippen molar-refractivity contribution >= 4 is 17.7 Å². The molecule has 1 fully saturated rings. The highest BCUT2D eigenvalue weighted by atomic mass is 16.2. The van der Waals surface area contributed by atoms with E-state index in [2.05, 4.69) is 36.6 Å². The molecule has 0 saturated carbocycles. The van der Waals surface area contributed by atoms with E-state index >= 15 is 0 Å². The van der Waals surface area contributed by atoms with Gasteiger partial charge >= 0.3 is 0 Å². The van der Waals surface area contributed by atoms with Gasteiger partial charge in [-0.05, 0) is 47.4 Å². The summed E-state index contributed by atoms with van der Waals surface area (Å²) in [6.07, 6.45) is 3.17. The van der Waals surface area contributed by atoms with Gasteiger partial charge in [0.15, 0.2) is 0 Å². The van der Waals surface area contributed by atoms with Crippen LogP contribution >= 0.6 is 0 Å². The summed E-state index contributed by atoms with van der Waals surface area (Å²) in [7, 11) is 1.60. The number of carbonyl (C=O) groups is 3. The molecule has 0 radical (unpaired) electrons. The zero-order chi connectivity index (χ0) is 23.5. The van der Waals surface area contributed by atoms with Gasteiger partial charge in [-0.1, -0.05) is 69.2 Å². The van der Waals surface area contributed by atoms with Gasteiger partial charge in [0.1, 0.15) is 12.1 Å². The zero-order valence-corrected chi connectivity index (χ0v) is 19.6. The number of nitrogens with one attached hydrogen (secondary N) is 2. The maximum atomic E-state index is 13.9. The fraction of sp³-hybridized carbons (Fsp3) is 0.444. The summed E-state index contributed by atoms with van der Waals surface area (Å²) in [4.78, 5) is 41.5. The smallest absolute Gasteiger partial charge is 0.251 e. The average molecular weight is 448 g/mol. The normalized spacial score (nSPS) is 20.7. The maximum absolute atomic E-state index is 13.9. The van der Waals surface area contributed by atoms with E-state index in [-0.39, 0.29) is 36.1 Å². The molecule has 3 amide bonds. The number of nitrogens with zero attached hydrogens (tertiary/aromatic N) is 1. The Balaban J connectivity index is 1.67. The lowest BCUT2D eigenvalue weighted by atomic mass is 9.85. The average Bonchev–Trinajstić information content (AvgIpc) is 3.27. The lowest BCUT2D eigenvalue weighted by Crippen LogP contribution is -2.66. The monoisotopic (exact) mass is 447 g/mol. The molecule has 1 aliphatic carbocycles. The molecular formula is C27H33N3O3. The molecule has 6 heteroatoms. The van der Waals surface area contributed by atoms with E-state index in [0.29, 0.717) is 5.56 Å². The third kappa shape index (κ3) is 4.39. The number of hydrogen-bond acceptors (Lipinski definition) is 3. The molecular weight excluding hydrogens is 414 g/mol. The van der Waals surface area contributed by atoms with Crippen molar-refractivity contribution in [3.8, 4) is 0 Å². The molecule has 2 atom stereocenters. The molecule has 33 heavy (non-hydrogen) atoms. The largest absolute Gasteiger partial charge is 0.355 e. The number of piperazine rings is 1. The molecule has 0 spiro atoms. The molecule has 174 valence electrons. The fourth-order valence-electron chi connectivity index (χ4n) is 5.48. The van der Waals surface area contributed by atoms with Gasteiger partial charge in [0.25, 0.3) is 5.91 Å². The molecule has 1 heterocycles. The summed E-state index contributed by atoms with van der Waals surface area (Å²) >= 11 is 0. The van der Waals surface area contributed by atoms with E-state index in [0.717, 1.165) is 31.2 Å². The number of carbonyl (C=O) groups excluding carboxylic acids is 3. The Hall–Kier alpha value is -3.15. The van der Waals surface area contributed by atoms with Gasteiger partial charge in [-0.15, -0.1) is 0 Å². The van der Waals surface area contributed by atoms with Crippen LogP contribution in [0.15, 0.2) is 48.5 Å². The number of rotatable bonds is 7. The van der Waals surface area contributed by atoms with Crippen molar-refractivity contribution in [2.24, 2.45) is 11.8 Å². The molecule has 2 N–H and O–H groups in total. The summed E-state index contributed by atoms with van der Waals surface area (Å²) in [5, 5.41) is 5.77. The molecule has 0 bridgehead atoms. The van der Waals surface area contributed by atoms with Crippen LogP contribution in [0, 0.1) is 11.8 Å². The first-order valence-electron chi connectivity index (χ1n) is 12.0. The Labute approximate surface area is 195 Å². The van der Waals surface area contributed by atoms with Crippen LogP contribution in [-0.4, -0.2) is 41.8 Å². The van der Waals surface area contributed by atoms with Gasteiger partial charge in [0.05, 0.1) is 0 Å². The van der Waals surface area contributed by atoms with Gasteiger partial charge < -0.3 is 15.5 Å². The van der Waals surface area contributed by atoms with Gasteiger partial charge in [0.2, 0.25) is 11.8 Å². The van der Waals surface area contributed by atoms with Crippen LogP contribution in [0.25, 0.3) is 0 Å². The highest BCUT2D eigenvalue weighted by molar-refractivity contribution is 5.98. The molecule has 4 rings (SSSR count). The fourth-order valence-corrected chi connectivity index (χ4v) is 5.48. The Morgan fingerprint density at radius 1 is 1.03 bits per heavy atom. The molecule has 2 aromatic rings. The Kier molecular flexibility index (Phi) is 6.82. The quantitative estimate of drug-likeness (QED) is 0.685. The van der Waals surface area contributed by atoms with Crippen LogP contribution in [0.3, 0.4) is 0 Å². The standard InChI is InChI=1S/C27H33N3O3/c1-4-17(5-2)24-26(32)29-23(21-14-18-10-6-7-11-19(18)15-21)27(33)30(24)16-20-12-8-9-13-22(20)25(31)28-3/h6-13,17,21,23-24H,4-5,14-16H2,1-3H3,(H,28,31)(H,29,32)/t23?,24-/m1/s1. The highest BCUT2D eigenvalue weighted by Crippen LogP contribution is 2.33. The van der Waals surface area contributed by atoms with Gasteiger partial charge in [-0.3, -0.25) is 14.4 Å². The van der Waals surface area contributed by atoms with Gasteiger partial charge in [-0.2, -0.15) is 0 Å².